The normalized spacial score (nSPS) is 10.1. The molecule has 5 nitrogen and oxygen atoms in total. The molecule has 0 bridgehead atoms. The molecule has 0 fully saturated rings. The minimum atomic E-state index is -0.201. The summed E-state index contributed by atoms with van der Waals surface area (Å²) in [6, 6.07) is 11.1. The van der Waals surface area contributed by atoms with Gasteiger partial charge >= 0.3 is 0 Å². The molecule has 20 heavy (non-hydrogen) atoms. The number of carbonyl (C=O) groups excluding carboxylic acids is 1. The molecule has 2 N–H and O–H groups in total. The maximum Gasteiger partial charge on any atom is 0.271 e. The van der Waals surface area contributed by atoms with Crippen LogP contribution in [0, 0.1) is 0 Å². The molecule has 6 heteroatoms. The highest BCUT2D eigenvalue weighted by molar-refractivity contribution is 9.10. The SMILES string of the molecule is CCCNC(=O)c1ccc(Nc2cccc(Br)c2)nn1. The standard InChI is InChI=1S/C14H15BrN4O/c1-2-8-16-14(20)12-6-7-13(19-18-12)17-11-5-3-4-10(15)9-11/h3-7,9H,2,8H2,1H3,(H,16,20)(H,17,19). The first-order chi connectivity index (χ1) is 9.69. The van der Waals surface area contributed by atoms with Crippen LogP contribution in [-0.4, -0.2) is 22.6 Å². The Bertz CT molecular complexity index is 586. The summed E-state index contributed by atoms with van der Waals surface area (Å²) in [6.45, 7) is 2.63. The molecule has 0 spiro atoms. The zero-order valence-electron chi connectivity index (χ0n) is 11.1. The van der Waals surface area contributed by atoms with E-state index in [1.807, 2.05) is 31.2 Å². The monoisotopic (exact) mass is 334 g/mol. The van der Waals surface area contributed by atoms with Gasteiger partial charge < -0.3 is 10.6 Å². The summed E-state index contributed by atoms with van der Waals surface area (Å²) >= 11 is 3.40. The van der Waals surface area contributed by atoms with Crippen molar-refractivity contribution in [3.05, 3.63) is 46.6 Å². The van der Waals surface area contributed by atoms with Crippen molar-refractivity contribution in [1.29, 1.82) is 0 Å². The second-order valence-electron chi connectivity index (χ2n) is 4.20. The van der Waals surface area contributed by atoms with Crippen molar-refractivity contribution in [3.8, 4) is 0 Å². The molecule has 2 aromatic rings. The fourth-order valence-electron chi connectivity index (χ4n) is 1.56. The highest BCUT2D eigenvalue weighted by atomic mass is 79.9. The van der Waals surface area contributed by atoms with E-state index in [0.29, 0.717) is 18.1 Å². The molecule has 0 unspecified atom stereocenters. The van der Waals surface area contributed by atoms with Crippen molar-refractivity contribution in [2.24, 2.45) is 0 Å². The van der Waals surface area contributed by atoms with Gasteiger partial charge in [0.05, 0.1) is 0 Å². The second-order valence-corrected chi connectivity index (χ2v) is 5.11. The average Bonchev–Trinajstić information content (AvgIpc) is 2.45. The van der Waals surface area contributed by atoms with E-state index in [-0.39, 0.29) is 5.91 Å². The molecule has 0 aliphatic rings. The number of nitrogens with one attached hydrogen (secondary N) is 2. The first kappa shape index (κ1) is 14.5. The van der Waals surface area contributed by atoms with Crippen LogP contribution in [0.4, 0.5) is 11.5 Å². The Morgan fingerprint density at radius 3 is 2.75 bits per heavy atom. The number of halogens is 1. The molecule has 0 saturated carbocycles. The molecule has 0 aliphatic carbocycles. The van der Waals surface area contributed by atoms with E-state index in [9.17, 15) is 4.79 Å². The Balaban J connectivity index is 2.03. The van der Waals surface area contributed by atoms with Crippen molar-refractivity contribution in [2.45, 2.75) is 13.3 Å². The molecular formula is C14H15BrN4O. The predicted octanol–water partition coefficient (Wildman–Crippen LogP) is 3.12. The summed E-state index contributed by atoms with van der Waals surface area (Å²) in [5.74, 6) is 0.392. The highest BCUT2D eigenvalue weighted by Crippen LogP contribution is 2.18. The van der Waals surface area contributed by atoms with Crippen molar-refractivity contribution in [2.75, 3.05) is 11.9 Å². The summed E-state index contributed by atoms with van der Waals surface area (Å²) in [4.78, 5) is 11.7. The van der Waals surface area contributed by atoms with Gasteiger partial charge in [0.15, 0.2) is 11.5 Å². The first-order valence-electron chi connectivity index (χ1n) is 6.33. The number of hydrogen-bond acceptors (Lipinski definition) is 4. The van der Waals surface area contributed by atoms with Gasteiger partial charge in [-0.1, -0.05) is 28.9 Å². The van der Waals surface area contributed by atoms with E-state index in [1.165, 1.54) is 0 Å². The van der Waals surface area contributed by atoms with Gasteiger partial charge in [0.1, 0.15) is 0 Å². The topological polar surface area (TPSA) is 66.9 Å². The van der Waals surface area contributed by atoms with Gasteiger partial charge in [-0.2, -0.15) is 0 Å². The number of benzene rings is 1. The van der Waals surface area contributed by atoms with Gasteiger partial charge in [-0.15, -0.1) is 10.2 Å². The van der Waals surface area contributed by atoms with Crippen LogP contribution in [0.2, 0.25) is 0 Å². The number of carbonyl (C=O) groups is 1. The largest absolute Gasteiger partial charge is 0.351 e. The van der Waals surface area contributed by atoms with Gasteiger partial charge in [0.25, 0.3) is 5.91 Å². The number of amides is 1. The molecule has 104 valence electrons. The van der Waals surface area contributed by atoms with Crippen LogP contribution < -0.4 is 10.6 Å². The van der Waals surface area contributed by atoms with E-state index < -0.39 is 0 Å². The fraction of sp³-hybridized carbons (Fsp3) is 0.214. The van der Waals surface area contributed by atoms with Crippen molar-refractivity contribution >= 4 is 33.3 Å². The second kappa shape index (κ2) is 7.00. The molecular weight excluding hydrogens is 320 g/mol. The molecule has 1 aromatic carbocycles. The lowest BCUT2D eigenvalue weighted by atomic mass is 10.3. The zero-order chi connectivity index (χ0) is 14.4. The molecule has 1 heterocycles. The smallest absolute Gasteiger partial charge is 0.271 e. The van der Waals surface area contributed by atoms with Crippen LogP contribution in [-0.2, 0) is 0 Å². The molecule has 0 saturated heterocycles. The van der Waals surface area contributed by atoms with Gasteiger partial charge in [-0.3, -0.25) is 4.79 Å². The van der Waals surface area contributed by atoms with Gasteiger partial charge in [0.2, 0.25) is 0 Å². The highest BCUT2D eigenvalue weighted by Gasteiger charge is 2.07. The van der Waals surface area contributed by atoms with Crippen LogP contribution in [0.15, 0.2) is 40.9 Å². The summed E-state index contributed by atoms with van der Waals surface area (Å²) in [6.07, 6.45) is 0.891. The van der Waals surface area contributed by atoms with Crippen LogP contribution in [0.25, 0.3) is 0 Å². The van der Waals surface area contributed by atoms with E-state index in [2.05, 4.69) is 36.8 Å². The first-order valence-corrected chi connectivity index (χ1v) is 7.13. The third-order valence-corrected chi connectivity index (χ3v) is 3.02. The van der Waals surface area contributed by atoms with E-state index in [0.717, 1.165) is 16.6 Å². The third-order valence-electron chi connectivity index (χ3n) is 2.53. The minimum Gasteiger partial charge on any atom is -0.351 e. The summed E-state index contributed by atoms with van der Waals surface area (Å²) in [7, 11) is 0. The Kier molecular flexibility index (Phi) is 5.06. The summed E-state index contributed by atoms with van der Waals surface area (Å²) in [5, 5.41) is 13.8. The van der Waals surface area contributed by atoms with E-state index in [1.54, 1.807) is 12.1 Å². The number of hydrogen-bond donors (Lipinski definition) is 2. The van der Waals surface area contributed by atoms with Gasteiger partial charge in [-0.25, -0.2) is 0 Å². The Morgan fingerprint density at radius 1 is 1.25 bits per heavy atom. The van der Waals surface area contributed by atoms with Crippen LogP contribution in [0.5, 0.6) is 0 Å². The molecule has 0 atom stereocenters. The van der Waals surface area contributed by atoms with Crippen LogP contribution in [0.1, 0.15) is 23.8 Å². The summed E-state index contributed by atoms with van der Waals surface area (Å²) < 4.78 is 0.978. The van der Waals surface area contributed by atoms with E-state index in [4.69, 9.17) is 0 Å². The Hall–Kier alpha value is -1.95. The lowest BCUT2D eigenvalue weighted by Crippen LogP contribution is -2.25. The number of aromatic nitrogens is 2. The Morgan fingerprint density at radius 2 is 2.10 bits per heavy atom. The van der Waals surface area contributed by atoms with Crippen molar-refractivity contribution in [3.63, 3.8) is 0 Å². The minimum absolute atomic E-state index is 0.201. The number of rotatable bonds is 5. The maximum absolute atomic E-state index is 11.7. The number of nitrogens with zero attached hydrogens (tertiary/aromatic N) is 2. The molecule has 1 amide bonds. The zero-order valence-corrected chi connectivity index (χ0v) is 12.6. The molecule has 2 rings (SSSR count). The average molecular weight is 335 g/mol. The van der Waals surface area contributed by atoms with Crippen LogP contribution >= 0.6 is 15.9 Å². The number of anilines is 2. The lowest BCUT2D eigenvalue weighted by Gasteiger charge is -2.06. The molecule has 0 radical (unpaired) electrons. The van der Waals surface area contributed by atoms with Crippen LogP contribution in [0.3, 0.4) is 0 Å². The summed E-state index contributed by atoms with van der Waals surface area (Å²) in [5.41, 5.74) is 1.22. The molecule has 1 aromatic heterocycles. The van der Waals surface area contributed by atoms with Gasteiger partial charge in [-0.05, 0) is 36.8 Å². The predicted molar refractivity (Wildman–Crippen MR) is 82.1 cm³/mol. The van der Waals surface area contributed by atoms with Gasteiger partial charge in [0, 0.05) is 16.7 Å². The Labute approximate surface area is 125 Å². The van der Waals surface area contributed by atoms with Crippen molar-refractivity contribution in [1.82, 2.24) is 15.5 Å². The quantitative estimate of drug-likeness (QED) is 0.881. The van der Waals surface area contributed by atoms with E-state index >= 15 is 0 Å². The third kappa shape index (κ3) is 4.03. The maximum atomic E-state index is 11.7. The fourth-order valence-corrected chi connectivity index (χ4v) is 1.96. The molecule has 0 aliphatic heterocycles. The lowest BCUT2D eigenvalue weighted by molar-refractivity contribution is 0.0947. The van der Waals surface area contributed by atoms with Crippen molar-refractivity contribution < 1.29 is 4.79 Å².